The number of aliphatic hydroxyl groups is 1. The molecule has 18 heavy (non-hydrogen) atoms. The van der Waals surface area contributed by atoms with E-state index in [9.17, 15) is 0 Å². The third-order valence-electron chi connectivity index (χ3n) is 3.38. The number of hydrogen-bond donors (Lipinski definition) is 3. The summed E-state index contributed by atoms with van der Waals surface area (Å²) in [7, 11) is 0. The van der Waals surface area contributed by atoms with Crippen molar-refractivity contribution in [1.82, 2.24) is 5.32 Å². The second-order valence-corrected chi connectivity index (χ2v) is 5.01. The Morgan fingerprint density at radius 1 is 1.61 bits per heavy atom. The summed E-state index contributed by atoms with van der Waals surface area (Å²) in [5.74, 6) is 0. The molecule has 0 aliphatic heterocycles. The van der Waals surface area contributed by atoms with E-state index in [4.69, 9.17) is 10.8 Å². The molecule has 2 rings (SSSR count). The van der Waals surface area contributed by atoms with Crippen LogP contribution in [-0.4, -0.2) is 23.8 Å². The van der Waals surface area contributed by atoms with Gasteiger partial charge in [-0.25, -0.2) is 0 Å². The summed E-state index contributed by atoms with van der Waals surface area (Å²) < 4.78 is 0. The maximum absolute atomic E-state index is 8.92. The van der Waals surface area contributed by atoms with Crippen molar-refractivity contribution in [3.05, 3.63) is 47.2 Å². The molecule has 0 saturated carbocycles. The highest BCUT2D eigenvalue weighted by atomic mass is 16.3. The number of nitrogens with two attached hydrogens (primary N) is 1. The quantitative estimate of drug-likeness (QED) is 0.708. The summed E-state index contributed by atoms with van der Waals surface area (Å²) in [6.07, 6.45) is 14.1. The van der Waals surface area contributed by atoms with Gasteiger partial charge in [0.15, 0.2) is 0 Å². The minimum Gasteiger partial charge on any atom is -0.394 e. The molecule has 0 heterocycles. The fraction of sp³-hybridized carbons (Fsp3) is 0.467. The third-order valence-corrected chi connectivity index (χ3v) is 3.38. The van der Waals surface area contributed by atoms with E-state index in [1.165, 1.54) is 17.6 Å². The van der Waals surface area contributed by atoms with Crippen LogP contribution in [0.25, 0.3) is 0 Å². The van der Waals surface area contributed by atoms with Crippen molar-refractivity contribution in [3.8, 4) is 0 Å². The summed E-state index contributed by atoms with van der Waals surface area (Å²) in [6, 6.07) is 0.0647. The predicted molar refractivity (Wildman–Crippen MR) is 74.9 cm³/mol. The number of allylic oxidation sites excluding steroid dienone is 5. The molecule has 4 N–H and O–H groups in total. The Balaban J connectivity index is 1.94. The maximum atomic E-state index is 8.92. The lowest BCUT2D eigenvalue weighted by atomic mass is 9.88. The zero-order valence-electron chi connectivity index (χ0n) is 10.9. The van der Waals surface area contributed by atoms with Crippen molar-refractivity contribution >= 4 is 0 Å². The number of hydrogen-bond acceptors (Lipinski definition) is 3. The largest absolute Gasteiger partial charge is 0.394 e. The molecule has 0 spiro atoms. The van der Waals surface area contributed by atoms with E-state index < -0.39 is 0 Å². The average molecular weight is 246 g/mol. The highest BCUT2D eigenvalue weighted by Gasteiger charge is 2.16. The van der Waals surface area contributed by atoms with Crippen LogP contribution >= 0.6 is 0 Å². The first-order valence-electron chi connectivity index (χ1n) is 6.57. The lowest BCUT2D eigenvalue weighted by Crippen LogP contribution is -2.30. The number of nitrogens with one attached hydrogen (secondary N) is 1. The fourth-order valence-electron chi connectivity index (χ4n) is 2.49. The monoisotopic (exact) mass is 246 g/mol. The van der Waals surface area contributed by atoms with E-state index >= 15 is 0 Å². The zero-order chi connectivity index (χ0) is 13.0. The van der Waals surface area contributed by atoms with Crippen LogP contribution in [0.1, 0.15) is 26.2 Å². The lowest BCUT2D eigenvalue weighted by molar-refractivity contribution is 0.283. The molecule has 0 amide bonds. The Morgan fingerprint density at radius 3 is 3.22 bits per heavy atom. The summed E-state index contributed by atoms with van der Waals surface area (Å²) in [4.78, 5) is 0. The number of rotatable bonds is 4. The maximum Gasteiger partial charge on any atom is 0.0619 e. The summed E-state index contributed by atoms with van der Waals surface area (Å²) in [5.41, 5.74) is 9.63. The Kier molecular flexibility index (Phi) is 4.39. The molecule has 0 radical (unpaired) electrons. The van der Waals surface area contributed by atoms with Crippen molar-refractivity contribution in [2.75, 3.05) is 6.61 Å². The van der Waals surface area contributed by atoms with Crippen LogP contribution in [0.2, 0.25) is 0 Å². The molecule has 0 aromatic heterocycles. The van der Waals surface area contributed by atoms with Crippen molar-refractivity contribution in [3.63, 3.8) is 0 Å². The Hall–Kier alpha value is -1.32. The van der Waals surface area contributed by atoms with E-state index in [1.54, 1.807) is 0 Å². The van der Waals surface area contributed by atoms with Crippen LogP contribution in [-0.2, 0) is 0 Å². The molecule has 0 aromatic carbocycles. The minimum absolute atomic E-state index is 0.0143. The lowest BCUT2D eigenvalue weighted by Gasteiger charge is -2.25. The molecule has 2 atom stereocenters. The molecule has 3 nitrogen and oxygen atoms in total. The van der Waals surface area contributed by atoms with E-state index in [2.05, 4.69) is 29.6 Å². The van der Waals surface area contributed by atoms with Gasteiger partial charge in [-0.1, -0.05) is 29.9 Å². The first kappa shape index (κ1) is 13.1. The van der Waals surface area contributed by atoms with E-state index in [-0.39, 0.29) is 12.6 Å². The molecule has 0 bridgehead atoms. The van der Waals surface area contributed by atoms with Crippen molar-refractivity contribution < 1.29 is 5.11 Å². The van der Waals surface area contributed by atoms with Crippen molar-refractivity contribution in [1.29, 1.82) is 0 Å². The molecular formula is C15H22N2O. The summed E-state index contributed by atoms with van der Waals surface area (Å²) in [6.45, 7) is 1.98. The third kappa shape index (κ3) is 3.34. The fourth-order valence-corrected chi connectivity index (χ4v) is 2.49. The van der Waals surface area contributed by atoms with Gasteiger partial charge in [0.05, 0.1) is 6.61 Å². The minimum atomic E-state index is -0.280. The molecule has 3 heteroatoms. The highest BCUT2D eigenvalue weighted by Crippen LogP contribution is 2.28. The molecule has 0 fully saturated rings. The van der Waals surface area contributed by atoms with Crippen LogP contribution < -0.4 is 11.1 Å². The normalized spacial score (nSPS) is 25.1. The van der Waals surface area contributed by atoms with Gasteiger partial charge in [-0.2, -0.15) is 0 Å². The van der Waals surface area contributed by atoms with Gasteiger partial charge in [-0.05, 0) is 37.8 Å². The van der Waals surface area contributed by atoms with E-state index in [0.29, 0.717) is 6.04 Å². The first-order chi connectivity index (χ1) is 8.69. The predicted octanol–water partition coefficient (Wildman–Crippen LogP) is 1.77. The van der Waals surface area contributed by atoms with Gasteiger partial charge in [0.1, 0.15) is 0 Å². The van der Waals surface area contributed by atoms with Crippen LogP contribution in [0, 0.1) is 0 Å². The highest BCUT2D eigenvalue weighted by molar-refractivity contribution is 5.42. The van der Waals surface area contributed by atoms with E-state index in [0.717, 1.165) is 18.5 Å². The molecule has 0 aromatic rings. The molecule has 0 saturated heterocycles. The molecular weight excluding hydrogens is 224 g/mol. The topological polar surface area (TPSA) is 58.3 Å². The second-order valence-electron chi connectivity index (χ2n) is 5.01. The van der Waals surface area contributed by atoms with Crippen LogP contribution in [0.15, 0.2) is 47.2 Å². The Morgan fingerprint density at radius 2 is 2.44 bits per heavy atom. The van der Waals surface area contributed by atoms with Crippen molar-refractivity contribution in [2.24, 2.45) is 5.73 Å². The summed E-state index contributed by atoms with van der Waals surface area (Å²) in [5, 5.41) is 12.4. The van der Waals surface area contributed by atoms with Gasteiger partial charge < -0.3 is 16.2 Å². The van der Waals surface area contributed by atoms with Gasteiger partial charge in [-0.3, -0.25) is 0 Å². The van der Waals surface area contributed by atoms with Gasteiger partial charge in [0.25, 0.3) is 0 Å². The van der Waals surface area contributed by atoms with Gasteiger partial charge in [-0.15, -0.1) is 0 Å². The van der Waals surface area contributed by atoms with Crippen LogP contribution in [0.3, 0.4) is 0 Å². The smallest absolute Gasteiger partial charge is 0.0619 e. The molecule has 2 aliphatic rings. The Labute approximate surface area is 109 Å². The SMILES string of the molecule is CC(=CC(N)CO)NC1C=CC2=C(CCC=C2)C1. The zero-order valence-corrected chi connectivity index (χ0v) is 10.9. The van der Waals surface area contributed by atoms with Crippen LogP contribution in [0.4, 0.5) is 0 Å². The van der Waals surface area contributed by atoms with E-state index in [1.807, 2.05) is 13.0 Å². The van der Waals surface area contributed by atoms with Gasteiger partial charge >= 0.3 is 0 Å². The molecule has 2 aliphatic carbocycles. The van der Waals surface area contributed by atoms with Crippen molar-refractivity contribution in [2.45, 2.75) is 38.3 Å². The second kappa shape index (κ2) is 6.03. The Bertz CT molecular complexity index is 418. The van der Waals surface area contributed by atoms with Gasteiger partial charge in [0, 0.05) is 17.8 Å². The first-order valence-corrected chi connectivity index (χ1v) is 6.57. The van der Waals surface area contributed by atoms with Crippen LogP contribution in [0.5, 0.6) is 0 Å². The number of aliphatic hydroxyl groups excluding tert-OH is 1. The average Bonchev–Trinajstić information content (AvgIpc) is 2.38. The summed E-state index contributed by atoms with van der Waals surface area (Å²) >= 11 is 0. The molecule has 98 valence electrons. The van der Waals surface area contributed by atoms with Gasteiger partial charge in [0.2, 0.25) is 0 Å². The standard InChI is InChI=1S/C15H22N2O/c1-11(8-14(16)10-18)17-15-7-6-12-4-2-3-5-13(12)9-15/h2,4,6-8,14-15,17-18H,3,5,9-10,16H2,1H3. The molecule has 2 unspecified atom stereocenters.